The van der Waals surface area contributed by atoms with Gasteiger partial charge in [0, 0.05) is 18.7 Å². The fourth-order valence-electron chi connectivity index (χ4n) is 1.81. The zero-order chi connectivity index (χ0) is 14.2. The van der Waals surface area contributed by atoms with E-state index in [0.29, 0.717) is 6.07 Å². The molecule has 3 N–H and O–H groups in total. The molecule has 0 bridgehead atoms. The van der Waals surface area contributed by atoms with Gasteiger partial charge in [-0.05, 0) is 24.8 Å². The van der Waals surface area contributed by atoms with Crippen LogP contribution in [-0.4, -0.2) is 21.0 Å². The summed E-state index contributed by atoms with van der Waals surface area (Å²) in [5, 5.41) is 0. The number of hydrogen-bond donors (Lipinski definition) is 2. The van der Waals surface area contributed by atoms with Gasteiger partial charge < -0.3 is 5.73 Å². The van der Waals surface area contributed by atoms with Gasteiger partial charge in [-0.1, -0.05) is 0 Å². The Balaban J connectivity index is 2.31. The average Bonchev–Trinajstić information content (AvgIpc) is 3.14. The Morgan fingerprint density at radius 3 is 2.32 bits per heavy atom. The van der Waals surface area contributed by atoms with Crippen LogP contribution in [0.1, 0.15) is 12.8 Å². The van der Waals surface area contributed by atoms with E-state index in [4.69, 9.17) is 5.73 Å². The van der Waals surface area contributed by atoms with E-state index in [1.54, 1.807) is 0 Å². The molecule has 8 heteroatoms. The third kappa shape index (κ3) is 3.07. The molecule has 0 radical (unpaired) electrons. The minimum atomic E-state index is -4.26. The maximum absolute atomic E-state index is 13.4. The van der Waals surface area contributed by atoms with Crippen molar-refractivity contribution in [1.82, 2.24) is 4.72 Å². The molecule has 19 heavy (non-hydrogen) atoms. The molecule has 1 aliphatic carbocycles. The van der Waals surface area contributed by atoms with E-state index < -0.39 is 38.4 Å². The van der Waals surface area contributed by atoms with Crippen molar-refractivity contribution in [2.75, 3.05) is 6.54 Å². The van der Waals surface area contributed by atoms with Crippen molar-refractivity contribution in [2.24, 2.45) is 11.7 Å². The summed E-state index contributed by atoms with van der Waals surface area (Å²) >= 11 is 0. The summed E-state index contributed by atoms with van der Waals surface area (Å²) in [4.78, 5) is -0.912. The number of benzene rings is 1. The van der Waals surface area contributed by atoms with Gasteiger partial charge in [-0.2, -0.15) is 0 Å². The fourth-order valence-corrected chi connectivity index (χ4v) is 3.20. The summed E-state index contributed by atoms with van der Waals surface area (Å²) < 4.78 is 65.3. The predicted octanol–water partition coefficient (Wildman–Crippen LogP) is 1.12. The Labute approximate surface area is 108 Å². The van der Waals surface area contributed by atoms with Gasteiger partial charge >= 0.3 is 0 Å². The summed E-state index contributed by atoms with van der Waals surface area (Å²) in [5.74, 6) is -4.07. The first kappa shape index (κ1) is 14.3. The largest absolute Gasteiger partial charge is 0.329 e. The van der Waals surface area contributed by atoms with Crippen molar-refractivity contribution in [3.05, 3.63) is 29.6 Å². The summed E-state index contributed by atoms with van der Waals surface area (Å²) in [6.07, 6.45) is 1.68. The van der Waals surface area contributed by atoms with Gasteiger partial charge in [-0.3, -0.25) is 0 Å². The standard InChI is InChI=1S/C11H13F3N2O2S/c12-7-3-9(14)11(4-8(7)13)19(17,18)16-10(5-15)6-1-2-6/h3-4,6,10,16H,1-2,5,15H2. The molecule has 1 unspecified atom stereocenters. The lowest BCUT2D eigenvalue weighted by Gasteiger charge is -2.16. The lowest BCUT2D eigenvalue weighted by molar-refractivity contribution is 0.477. The van der Waals surface area contributed by atoms with Gasteiger partial charge in [-0.15, -0.1) is 0 Å². The van der Waals surface area contributed by atoms with Crippen molar-refractivity contribution in [3.63, 3.8) is 0 Å². The van der Waals surface area contributed by atoms with Crippen LogP contribution in [0, 0.1) is 23.4 Å². The summed E-state index contributed by atoms with van der Waals surface area (Å²) in [5.41, 5.74) is 5.44. The highest BCUT2D eigenvalue weighted by Crippen LogP contribution is 2.33. The number of nitrogens with two attached hydrogens (primary N) is 1. The minimum Gasteiger partial charge on any atom is -0.329 e. The molecule has 106 valence electrons. The number of rotatable bonds is 5. The van der Waals surface area contributed by atoms with Crippen LogP contribution in [0.15, 0.2) is 17.0 Å². The number of sulfonamides is 1. The monoisotopic (exact) mass is 294 g/mol. The third-order valence-electron chi connectivity index (χ3n) is 3.02. The molecule has 0 amide bonds. The second-order valence-electron chi connectivity index (χ2n) is 4.50. The lowest BCUT2D eigenvalue weighted by Crippen LogP contribution is -2.42. The zero-order valence-electron chi connectivity index (χ0n) is 9.87. The molecule has 1 fully saturated rings. The highest BCUT2D eigenvalue weighted by atomic mass is 32.2. The quantitative estimate of drug-likeness (QED) is 0.799. The molecule has 4 nitrogen and oxygen atoms in total. The van der Waals surface area contributed by atoms with Crippen molar-refractivity contribution in [3.8, 4) is 0 Å². The Kier molecular flexibility index (Phi) is 3.84. The van der Waals surface area contributed by atoms with Crippen LogP contribution < -0.4 is 10.5 Å². The molecule has 1 atom stereocenters. The Bertz CT molecular complexity index is 588. The number of halogens is 3. The number of nitrogens with one attached hydrogen (secondary N) is 1. The second-order valence-corrected chi connectivity index (χ2v) is 6.18. The van der Waals surface area contributed by atoms with Crippen LogP contribution in [0.3, 0.4) is 0 Å². The second kappa shape index (κ2) is 5.10. The van der Waals surface area contributed by atoms with Crippen molar-refractivity contribution < 1.29 is 21.6 Å². The Hall–Kier alpha value is -1.12. The molecular weight excluding hydrogens is 281 g/mol. The summed E-state index contributed by atoms with van der Waals surface area (Å²) in [6, 6.07) is 0.0175. The summed E-state index contributed by atoms with van der Waals surface area (Å²) in [6.45, 7) is 0.0647. The van der Waals surface area contributed by atoms with Crippen molar-refractivity contribution in [2.45, 2.75) is 23.8 Å². The van der Waals surface area contributed by atoms with Crippen LogP contribution in [-0.2, 0) is 10.0 Å². The van der Waals surface area contributed by atoms with Crippen LogP contribution in [0.4, 0.5) is 13.2 Å². The molecule has 0 heterocycles. The predicted molar refractivity (Wildman–Crippen MR) is 62.2 cm³/mol. The maximum Gasteiger partial charge on any atom is 0.243 e. The van der Waals surface area contributed by atoms with Crippen LogP contribution >= 0.6 is 0 Å². The van der Waals surface area contributed by atoms with E-state index in [0.717, 1.165) is 12.8 Å². The van der Waals surface area contributed by atoms with Crippen LogP contribution in [0.5, 0.6) is 0 Å². The summed E-state index contributed by atoms with van der Waals surface area (Å²) in [7, 11) is -4.26. The first-order valence-electron chi connectivity index (χ1n) is 5.72. The SMILES string of the molecule is NCC(NS(=O)(=O)c1cc(F)c(F)cc1F)C1CC1. The van der Waals surface area contributed by atoms with Crippen LogP contribution in [0.2, 0.25) is 0 Å². The van der Waals surface area contributed by atoms with Gasteiger partial charge in [-0.25, -0.2) is 26.3 Å². The molecule has 0 spiro atoms. The van der Waals surface area contributed by atoms with Crippen LogP contribution in [0.25, 0.3) is 0 Å². The van der Waals surface area contributed by atoms with Crippen molar-refractivity contribution in [1.29, 1.82) is 0 Å². The van der Waals surface area contributed by atoms with Gasteiger partial charge in [0.25, 0.3) is 0 Å². The van der Waals surface area contributed by atoms with E-state index in [9.17, 15) is 21.6 Å². The maximum atomic E-state index is 13.4. The average molecular weight is 294 g/mol. The van der Waals surface area contributed by atoms with E-state index in [1.165, 1.54) is 0 Å². The Morgan fingerprint density at radius 2 is 1.79 bits per heavy atom. The first-order valence-corrected chi connectivity index (χ1v) is 7.20. The highest BCUT2D eigenvalue weighted by molar-refractivity contribution is 7.89. The van der Waals surface area contributed by atoms with Gasteiger partial charge in [0.1, 0.15) is 10.7 Å². The minimum absolute atomic E-state index is 0.0647. The molecule has 2 rings (SSSR count). The molecular formula is C11H13F3N2O2S. The molecule has 0 aromatic heterocycles. The molecule has 0 saturated heterocycles. The topological polar surface area (TPSA) is 72.2 Å². The molecule has 1 aromatic carbocycles. The Morgan fingerprint density at radius 1 is 1.21 bits per heavy atom. The lowest BCUT2D eigenvalue weighted by atomic mass is 10.2. The van der Waals surface area contributed by atoms with E-state index in [-0.39, 0.29) is 18.5 Å². The van der Waals surface area contributed by atoms with Gasteiger partial charge in [0.05, 0.1) is 0 Å². The van der Waals surface area contributed by atoms with E-state index in [2.05, 4.69) is 4.72 Å². The van der Waals surface area contributed by atoms with Gasteiger partial charge in [0.2, 0.25) is 10.0 Å². The zero-order valence-corrected chi connectivity index (χ0v) is 10.7. The third-order valence-corrected chi connectivity index (χ3v) is 4.52. The first-order chi connectivity index (χ1) is 8.85. The normalized spacial score (nSPS) is 17.5. The van der Waals surface area contributed by atoms with Crippen molar-refractivity contribution >= 4 is 10.0 Å². The molecule has 1 aliphatic rings. The number of hydrogen-bond acceptors (Lipinski definition) is 3. The van der Waals surface area contributed by atoms with Gasteiger partial charge in [0.15, 0.2) is 11.6 Å². The molecule has 0 aliphatic heterocycles. The van der Waals surface area contributed by atoms with E-state index >= 15 is 0 Å². The molecule has 1 saturated carbocycles. The smallest absolute Gasteiger partial charge is 0.243 e. The van der Waals surface area contributed by atoms with E-state index in [1.807, 2.05) is 0 Å². The fraction of sp³-hybridized carbons (Fsp3) is 0.455. The molecule has 1 aromatic rings. The highest BCUT2D eigenvalue weighted by Gasteiger charge is 2.34.